The maximum Gasteiger partial charge on any atom is 0.277 e. The van der Waals surface area contributed by atoms with Gasteiger partial charge in [0.05, 0.1) is 7.11 Å². The third-order valence-electron chi connectivity index (χ3n) is 5.65. The third-order valence-corrected chi connectivity index (χ3v) is 5.65. The number of halogens is 1. The summed E-state index contributed by atoms with van der Waals surface area (Å²) in [5.74, 6) is -0.787. The molecule has 166 valence electrons. The molecular formula is C24H25FN4O3. The quantitative estimate of drug-likeness (QED) is 0.586. The van der Waals surface area contributed by atoms with Gasteiger partial charge in [-0.15, -0.1) is 0 Å². The summed E-state index contributed by atoms with van der Waals surface area (Å²) in [6.07, 6.45) is 5.34. The lowest BCUT2D eigenvalue weighted by Crippen LogP contribution is -2.46. The Morgan fingerprint density at radius 2 is 1.94 bits per heavy atom. The van der Waals surface area contributed by atoms with E-state index in [0.29, 0.717) is 11.3 Å². The molecule has 8 heteroatoms. The number of methoxy groups -OCH3 is 1. The lowest BCUT2D eigenvalue weighted by Gasteiger charge is -2.32. The first-order chi connectivity index (χ1) is 15.6. The van der Waals surface area contributed by atoms with Crippen molar-refractivity contribution in [3.8, 4) is 5.75 Å². The van der Waals surface area contributed by atoms with Crippen molar-refractivity contribution in [2.75, 3.05) is 12.0 Å². The zero-order valence-electron chi connectivity index (χ0n) is 17.8. The number of nitrogens with one attached hydrogen (secondary N) is 2. The van der Waals surface area contributed by atoms with Gasteiger partial charge in [-0.25, -0.2) is 4.39 Å². The van der Waals surface area contributed by atoms with E-state index in [1.54, 1.807) is 30.3 Å². The van der Waals surface area contributed by atoms with Crippen molar-refractivity contribution in [1.29, 1.82) is 0 Å². The molecule has 2 aromatic carbocycles. The summed E-state index contributed by atoms with van der Waals surface area (Å²) in [5, 5.41) is 9.60. The van der Waals surface area contributed by atoms with E-state index in [1.807, 2.05) is 0 Å². The summed E-state index contributed by atoms with van der Waals surface area (Å²) in [7, 11) is 1.53. The van der Waals surface area contributed by atoms with Gasteiger partial charge < -0.3 is 10.1 Å². The van der Waals surface area contributed by atoms with E-state index in [4.69, 9.17) is 4.74 Å². The molecule has 1 unspecified atom stereocenters. The number of aromatic nitrogens is 2. The fraction of sp³-hybridized carbons (Fsp3) is 0.292. The van der Waals surface area contributed by atoms with Crippen molar-refractivity contribution in [3.05, 3.63) is 77.9 Å². The van der Waals surface area contributed by atoms with E-state index < -0.39 is 17.8 Å². The number of ether oxygens (including phenoxy) is 1. The highest BCUT2D eigenvalue weighted by molar-refractivity contribution is 6.09. The summed E-state index contributed by atoms with van der Waals surface area (Å²) < 4.78 is 19.5. The molecule has 2 N–H and O–H groups in total. The second kappa shape index (κ2) is 9.64. The Hall–Kier alpha value is -3.68. The average molecular weight is 436 g/mol. The molecule has 1 atom stereocenters. The molecule has 0 aliphatic heterocycles. The number of carbonyl (C=O) groups excluding carboxylic acids is 2. The number of amides is 2. The topological polar surface area (TPSA) is 87.3 Å². The number of rotatable bonds is 7. The normalized spacial score (nSPS) is 14.7. The van der Waals surface area contributed by atoms with Crippen molar-refractivity contribution in [3.63, 3.8) is 0 Å². The van der Waals surface area contributed by atoms with Gasteiger partial charge in [-0.3, -0.25) is 19.6 Å². The van der Waals surface area contributed by atoms with E-state index in [0.717, 1.165) is 25.7 Å². The van der Waals surface area contributed by atoms with Gasteiger partial charge in [-0.1, -0.05) is 31.0 Å². The zero-order valence-corrected chi connectivity index (χ0v) is 17.8. The second-order valence-electron chi connectivity index (χ2n) is 7.79. The van der Waals surface area contributed by atoms with Gasteiger partial charge in [0.15, 0.2) is 0 Å². The van der Waals surface area contributed by atoms with Crippen LogP contribution in [0.1, 0.15) is 47.8 Å². The van der Waals surface area contributed by atoms with Crippen molar-refractivity contribution in [2.45, 2.75) is 37.8 Å². The smallest absolute Gasteiger partial charge is 0.277 e. The van der Waals surface area contributed by atoms with Gasteiger partial charge in [-0.2, -0.15) is 5.10 Å². The van der Waals surface area contributed by atoms with Crippen LogP contribution in [-0.2, 0) is 4.79 Å². The van der Waals surface area contributed by atoms with E-state index in [2.05, 4.69) is 15.5 Å². The number of nitrogens with zero attached hydrogens (tertiary/aromatic N) is 2. The molecule has 2 amide bonds. The number of H-pyrrole nitrogens is 1. The monoisotopic (exact) mass is 436 g/mol. The lowest BCUT2D eigenvalue weighted by atomic mass is 10.0. The van der Waals surface area contributed by atoms with Crippen LogP contribution in [0, 0.1) is 5.82 Å². The standard InChI is InChI=1S/C24H25FN4O3/c1-32-20-11-4-6-16(14-20)22(23(30)27-18-8-2-3-9-18)29(19-10-5-7-17(25)15-19)24(31)21-12-13-26-28-21/h4-7,10-15,18,22H,2-3,8-9H2,1H3,(H,26,28)(H,27,30). The van der Waals surface area contributed by atoms with Gasteiger partial charge in [-0.05, 0) is 54.8 Å². The molecule has 32 heavy (non-hydrogen) atoms. The van der Waals surface area contributed by atoms with Crippen molar-refractivity contribution >= 4 is 17.5 Å². The fourth-order valence-corrected chi connectivity index (χ4v) is 4.09. The van der Waals surface area contributed by atoms with Crippen LogP contribution in [0.15, 0.2) is 60.8 Å². The van der Waals surface area contributed by atoms with Crippen LogP contribution >= 0.6 is 0 Å². The van der Waals surface area contributed by atoms with Gasteiger partial charge in [0.25, 0.3) is 5.91 Å². The highest BCUT2D eigenvalue weighted by Crippen LogP contribution is 2.32. The third kappa shape index (κ3) is 4.64. The van der Waals surface area contributed by atoms with Crippen molar-refractivity contribution < 1.29 is 18.7 Å². The van der Waals surface area contributed by atoms with Crippen LogP contribution < -0.4 is 15.0 Å². The molecule has 7 nitrogen and oxygen atoms in total. The number of benzene rings is 2. The molecule has 1 aliphatic rings. The van der Waals surface area contributed by atoms with E-state index >= 15 is 0 Å². The van der Waals surface area contributed by atoms with Crippen LogP contribution in [0.4, 0.5) is 10.1 Å². The Kier molecular flexibility index (Phi) is 6.49. The number of aromatic amines is 1. The van der Waals surface area contributed by atoms with Crippen LogP contribution in [0.3, 0.4) is 0 Å². The minimum Gasteiger partial charge on any atom is -0.497 e. The SMILES string of the molecule is COc1cccc(C(C(=O)NC2CCCC2)N(C(=O)c2ccn[nH]2)c2cccc(F)c2)c1. The largest absolute Gasteiger partial charge is 0.497 e. The highest BCUT2D eigenvalue weighted by atomic mass is 19.1. The number of hydrogen-bond donors (Lipinski definition) is 2. The van der Waals surface area contributed by atoms with Crippen LogP contribution in [0.25, 0.3) is 0 Å². The van der Waals surface area contributed by atoms with Gasteiger partial charge in [0.2, 0.25) is 5.91 Å². The molecule has 3 aromatic rings. The zero-order chi connectivity index (χ0) is 22.5. The van der Waals surface area contributed by atoms with Crippen LogP contribution in [0.5, 0.6) is 5.75 Å². The summed E-state index contributed by atoms with van der Waals surface area (Å²) in [6, 6.07) is 13.2. The Labute approximate surface area is 185 Å². The maximum absolute atomic E-state index is 14.2. The van der Waals surface area contributed by atoms with Crippen LogP contribution in [0.2, 0.25) is 0 Å². The predicted molar refractivity (Wildman–Crippen MR) is 118 cm³/mol. The van der Waals surface area contributed by atoms with E-state index in [1.165, 1.54) is 42.5 Å². The fourth-order valence-electron chi connectivity index (χ4n) is 4.09. The predicted octanol–water partition coefficient (Wildman–Crippen LogP) is 4.00. The summed E-state index contributed by atoms with van der Waals surface area (Å²) >= 11 is 0. The molecule has 1 heterocycles. The minimum atomic E-state index is -1.04. The summed E-state index contributed by atoms with van der Waals surface area (Å²) in [6.45, 7) is 0. The number of anilines is 1. The molecule has 1 aliphatic carbocycles. The summed E-state index contributed by atoms with van der Waals surface area (Å²) in [4.78, 5) is 28.5. The average Bonchev–Trinajstić information content (AvgIpc) is 3.51. The Morgan fingerprint density at radius 3 is 2.62 bits per heavy atom. The van der Waals surface area contributed by atoms with Gasteiger partial charge in [0.1, 0.15) is 23.3 Å². The number of hydrogen-bond acceptors (Lipinski definition) is 4. The first-order valence-electron chi connectivity index (χ1n) is 10.6. The highest BCUT2D eigenvalue weighted by Gasteiger charge is 2.35. The minimum absolute atomic E-state index is 0.0484. The van der Waals surface area contributed by atoms with Crippen molar-refractivity contribution in [1.82, 2.24) is 15.5 Å². The first kappa shape index (κ1) is 21.5. The second-order valence-corrected chi connectivity index (χ2v) is 7.79. The first-order valence-corrected chi connectivity index (χ1v) is 10.6. The summed E-state index contributed by atoms with van der Waals surface area (Å²) in [5.41, 5.74) is 1.01. The van der Waals surface area contributed by atoms with Crippen LogP contribution in [-0.4, -0.2) is 35.2 Å². The molecule has 0 spiro atoms. The van der Waals surface area contributed by atoms with E-state index in [9.17, 15) is 14.0 Å². The Bertz CT molecular complexity index is 1080. The molecular weight excluding hydrogens is 411 g/mol. The van der Waals surface area contributed by atoms with E-state index in [-0.39, 0.29) is 23.3 Å². The van der Waals surface area contributed by atoms with Gasteiger partial charge in [0, 0.05) is 17.9 Å². The Morgan fingerprint density at radius 1 is 1.16 bits per heavy atom. The molecule has 0 bridgehead atoms. The van der Waals surface area contributed by atoms with Crippen molar-refractivity contribution in [2.24, 2.45) is 0 Å². The molecule has 4 rings (SSSR count). The molecule has 0 saturated heterocycles. The maximum atomic E-state index is 14.2. The van der Waals surface area contributed by atoms with Gasteiger partial charge >= 0.3 is 0 Å². The molecule has 0 radical (unpaired) electrons. The molecule has 1 fully saturated rings. The molecule has 1 saturated carbocycles. The lowest BCUT2D eigenvalue weighted by molar-refractivity contribution is -0.123. The number of carbonyl (C=O) groups is 2. The molecule has 1 aromatic heterocycles. The Balaban J connectivity index is 1.82.